The summed E-state index contributed by atoms with van der Waals surface area (Å²) in [6.07, 6.45) is 2.69. The van der Waals surface area contributed by atoms with Gasteiger partial charge in [0.15, 0.2) is 5.16 Å². The van der Waals surface area contributed by atoms with Gasteiger partial charge in [-0.25, -0.2) is 4.98 Å². The molecular formula is C21H18Cl2N2OS. The number of nitrogens with zero attached hydrogens (tertiary/aromatic N) is 2. The second kappa shape index (κ2) is 8.09. The molecule has 1 aliphatic carbocycles. The van der Waals surface area contributed by atoms with Crippen LogP contribution in [-0.2, 0) is 25.1 Å². The highest BCUT2D eigenvalue weighted by Gasteiger charge is 2.21. The molecule has 0 N–H and O–H groups in total. The van der Waals surface area contributed by atoms with E-state index in [0.717, 1.165) is 47.0 Å². The zero-order valence-electron chi connectivity index (χ0n) is 14.6. The van der Waals surface area contributed by atoms with Crippen LogP contribution in [0.5, 0.6) is 0 Å². The van der Waals surface area contributed by atoms with Crippen molar-refractivity contribution in [3.8, 4) is 0 Å². The average Bonchev–Trinajstić information content (AvgIpc) is 3.15. The van der Waals surface area contributed by atoms with E-state index in [0.29, 0.717) is 16.6 Å². The lowest BCUT2D eigenvalue weighted by Gasteiger charge is -2.14. The summed E-state index contributed by atoms with van der Waals surface area (Å²) in [5.74, 6) is 0.771. The molecule has 4 rings (SSSR count). The van der Waals surface area contributed by atoms with Crippen molar-refractivity contribution in [1.82, 2.24) is 9.55 Å². The third-order valence-corrected chi connectivity index (χ3v) is 6.48. The van der Waals surface area contributed by atoms with Gasteiger partial charge in [-0.15, -0.1) is 0 Å². The minimum Gasteiger partial charge on any atom is -0.283 e. The van der Waals surface area contributed by atoms with E-state index in [9.17, 15) is 4.79 Å². The molecule has 6 heteroatoms. The molecule has 0 spiro atoms. The summed E-state index contributed by atoms with van der Waals surface area (Å²) in [4.78, 5) is 17.9. The minimum absolute atomic E-state index is 0.0686. The number of thioether (sulfide) groups is 1. The zero-order chi connectivity index (χ0) is 18.8. The Morgan fingerprint density at radius 1 is 1.00 bits per heavy atom. The van der Waals surface area contributed by atoms with E-state index in [4.69, 9.17) is 28.2 Å². The van der Waals surface area contributed by atoms with E-state index in [1.165, 1.54) is 5.56 Å². The van der Waals surface area contributed by atoms with Crippen LogP contribution in [0.15, 0.2) is 58.5 Å². The zero-order valence-corrected chi connectivity index (χ0v) is 16.9. The first-order chi connectivity index (χ1) is 13.1. The molecule has 0 saturated heterocycles. The molecule has 0 amide bonds. The molecule has 1 aromatic heterocycles. The fraction of sp³-hybridized carbons (Fsp3) is 0.238. The Hall–Kier alpha value is -1.75. The number of aromatic nitrogens is 2. The smallest absolute Gasteiger partial charge is 0.257 e. The number of rotatable bonds is 5. The van der Waals surface area contributed by atoms with Gasteiger partial charge in [0, 0.05) is 11.3 Å². The summed E-state index contributed by atoms with van der Waals surface area (Å²) < 4.78 is 1.78. The van der Waals surface area contributed by atoms with Crippen molar-refractivity contribution in [1.29, 1.82) is 0 Å². The van der Waals surface area contributed by atoms with Gasteiger partial charge in [-0.1, -0.05) is 71.4 Å². The van der Waals surface area contributed by atoms with Gasteiger partial charge in [0.05, 0.1) is 22.3 Å². The molecular weight excluding hydrogens is 399 g/mol. The van der Waals surface area contributed by atoms with Crippen LogP contribution >= 0.6 is 35.0 Å². The first kappa shape index (κ1) is 18.6. The standard InChI is InChI=1S/C21H18Cl2N2OS/c22-17-10-9-15(11-18(17)23)12-25-20(26)16-7-4-8-19(16)24-21(25)27-13-14-5-2-1-3-6-14/h1-3,5-6,9-11H,4,7-8,12-13H2. The molecule has 1 aliphatic rings. The lowest BCUT2D eigenvalue weighted by Crippen LogP contribution is -2.27. The summed E-state index contributed by atoms with van der Waals surface area (Å²) in [7, 11) is 0. The highest BCUT2D eigenvalue weighted by Crippen LogP contribution is 2.27. The largest absolute Gasteiger partial charge is 0.283 e. The molecule has 0 saturated carbocycles. The van der Waals surface area contributed by atoms with Crippen molar-refractivity contribution in [3.63, 3.8) is 0 Å². The number of halogens is 2. The van der Waals surface area contributed by atoms with Gasteiger partial charge in [0.1, 0.15) is 0 Å². The molecule has 2 aromatic carbocycles. The molecule has 0 unspecified atom stereocenters. The van der Waals surface area contributed by atoms with Gasteiger partial charge in [-0.3, -0.25) is 9.36 Å². The molecule has 1 heterocycles. The fourth-order valence-corrected chi connectivity index (χ4v) is 4.59. The van der Waals surface area contributed by atoms with Crippen LogP contribution in [-0.4, -0.2) is 9.55 Å². The topological polar surface area (TPSA) is 34.9 Å². The van der Waals surface area contributed by atoms with Gasteiger partial charge < -0.3 is 0 Å². The Morgan fingerprint density at radius 2 is 1.81 bits per heavy atom. The highest BCUT2D eigenvalue weighted by molar-refractivity contribution is 7.98. The van der Waals surface area contributed by atoms with Crippen LogP contribution in [0.3, 0.4) is 0 Å². The summed E-state index contributed by atoms with van der Waals surface area (Å²) in [5.41, 5.74) is 4.03. The third-order valence-electron chi connectivity index (χ3n) is 4.69. The quantitative estimate of drug-likeness (QED) is 0.413. The molecule has 138 valence electrons. The van der Waals surface area contributed by atoms with Crippen LogP contribution in [0.4, 0.5) is 0 Å². The minimum atomic E-state index is 0.0686. The van der Waals surface area contributed by atoms with Crippen molar-refractivity contribution in [2.45, 2.75) is 36.7 Å². The van der Waals surface area contributed by atoms with Crippen molar-refractivity contribution < 1.29 is 0 Å². The summed E-state index contributed by atoms with van der Waals surface area (Å²) in [5, 5.41) is 1.77. The maximum Gasteiger partial charge on any atom is 0.257 e. The third kappa shape index (κ3) is 4.08. The van der Waals surface area contributed by atoms with Gasteiger partial charge in [-0.05, 0) is 42.5 Å². The average molecular weight is 417 g/mol. The molecule has 3 nitrogen and oxygen atoms in total. The van der Waals surface area contributed by atoms with Gasteiger partial charge in [0.25, 0.3) is 5.56 Å². The van der Waals surface area contributed by atoms with E-state index < -0.39 is 0 Å². The predicted octanol–water partition coefficient (Wildman–Crippen LogP) is 5.38. The van der Waals surface area contributed by atoms with Crippen LogP contribution in [0.1, 0.15) is 28.8 Å². The number of hydrogen-bond donors (Lipinski definition) is 0. The summed E-state index contributed by atoms with van der Waals surface area (Å²) >= 11 is 13.8. The lowest BCUT2D eigenvalue weighted by atomic mass is 10.2. The Bertz CT molecular complexity index is 1030. The summed E-state index contributed by atoms with van der Waals surface area (Å²) in [6.45, 7) is 0.438. The number of hydrogen-bond acceptors (Lipinski definition) is 3. The Balaban J connectivity index is 1.69. The van der Waals surface area contributed by atoms with Gasteiger partial charge >= 0.3 is 0 Å². The Labute approximate surface area is 172 Å². The van der Waals surface area contributed by atoms with Crippen LogP contribution < -0.4 is 5.56 Å². The van der Waals surface area contributed by atoms with Crippen LogP contribution in [0.2, 0.25) is 10.0 Å². The van der Waals surface area contributed by atoms with E-state index in [1.807, 2.05) is 30.3 Å². The van der Waals surface area contributed by atoms with Crippen molar-refractivity contribution in [2.24, 2.45) is 0 Å². The second-order valence-corrected chi connectivity index (χ2v) is 8.34. The monoisotopic (exact) mass is 416 g/mol. The Morgan fingerprint density at radius 3 is 2.59 bits per heavy atom. The number of aryl methyl sites for hydroxylation is 1. The van der Waals surface area contributed by atoms with Crippen molar-refractivity contribution >= 4 is 35.0 Å². The molecule has 0 aliphatic heterocycles. The maximum absolute atomic E-state index is 13.1. The molecule has 0 atom stereocenters. The van der Waals surface area contributed by atoms with Crippen molar-refractivity contribution in [3.05, 3.63) is 91.3 Å². The Kier molecular flexibility index (Phi) is 5.58. The maximum atomic E-state index is 13.1. The van der Waals surface area contributed by atoms with E-state index >= 15 is 0 Å². The van der Waals surface area contributed by atoms with Crippen molar-refractivity contribution in [2.75, 3.05) is 0 Å². The summed E-state index contributed by atoms with van der Waals surface area (Å²) in [6, 6.07) is 15.7. The first-order valence-electron chi connectivity index (χ1n) is 8.85. The normalized spacial score (nSPS) is 13.0. The van der Waals surface area contributed by atoms with E-state index in [-0.39, 0.29) is 5.56 Å². The van der Waals surface area contributed by atoms with Crippen LogP contribution in [0.25, 0.3) is 0 Å². The number of benzene rings is 2. The lowest BCUT2D eigenvalue weighted by molar-refractivity contribution is 0.631. The van der Waals surface area contributed by atoms with E-state index in [1.54, 1.807) is 22.4 Å². The molecule has 0 fully saturated rings. The van der Waals surface area contributed by atoms with Crippen LogP contribution in [0, 0.1) is 0 Å². The highest BCUT2D eigenvalue weighted by atomic mass is 35.5. The fourth-order valence-electron chi connectivity index (χ4n) is 3.30. The SMILES string of the molecule is O=c1c2c(nc(SCc3ccccc3)n1Cc1ccc(Cl)c(Cl)c1)CCC2. The second-order valence-electron chi connectivity index (χ2n) is 6.59. The molecule has 0 bridgehead atoms. The molecule has 27 heavy (non-hydrogen) atoms. The first-order valence-corrected chi connectivity index (χ1v) is 10.6. The van der Waals surface area contributed by atoms with E-state index in [2.05, 4.69) is 12.1 Å². The molecule has 0 radical (unpaired) electrons. The predicted molar refractivity (Wildman–Crippen MR) is 112 cm³/mol. The molecule has 3 aromatic rings. The number of fused-ring (bicyclic) bond motifs is 1. The van der Waals surface area contributed by atoms with Gasteiger partial charge in [0.2, 0.25) is 0 Å². The van der Waals surface area contributed by atoms with Gasteiger partial charge in [-0.2, -0.15) is 0 Å².